The van der Waals surface area contributed by atoms with E-state index in [0.717, 1.165) is 5.39 Å². The van der Waals surface area contributed by atoms with Gasteiger partial charge in [-0.15, -0.1) is 0 Å². The van der Waals surface area contributed by atoms with Gasteiger partial charge in [0.1, 0.15) is 5.15 Å². The summed E-state index contributed by atoms with van der Waals surface area (Å²) in [4.78, 5) is 4.19. The number of fused-ring (bicyclic) bond motifs is 1. The third kappa shape index (κ3) is 1.48. The van der Waals surface area contributed by atoms with E-state index in [1.54, 1.807) is 0 Å². The number of hydrogen-bond donors (Lipinski definition) is 0. The van der Waals surface area contributed by atoms with E-state index in [2.05, 4.69) is 24.9 Å². The molecule has 0 bridgehead atoms. The van der Waals surface area contributed by atoms with Gasteiger partial charge in [-0.1, -0.05) is 49.7 Å². The molecule has 0 saturated heterocycles. The fourth-order valence-electron chi connectivity index (χ4n) is 1.64. The molecule has 1 aromatic heterocycles. The zero-order valence-corrected chi connectivity index (χ0v) is 9.05. The van der Waals surface area contributed by atoms with Gasteiger partial charge < -0.3 is 0 Å². The second-order valence-electron chi connectivity index (χ2n) is 3.70. The van der Waals surface area contributed by atoms with Gasteiger partial charge in [-0.3, -0.25) is 0 Å². The molecular weight excluding hydrogens is 194 g/mol. The van der Waals surface area contributed by atoms with Gasteiger partial charge in [0.05, 0.1) is 0 Å². The van der Waals surface area contributed by atoms with Crippen LogP contribution in [0.5, 0.6) is 0 Å². The van der Waals surface area contributed by atoms with E-state index in [1.165, 1.54) is 10.9 Å². The van der Waals surface area contributed by atoms with E-state index in [9.17, 15) is 0 Å². The second-order valence-corrected chi connectivity index (χ2v) is 4.06. The molecule has 0 saturated carbocycles. The van der Waals surface area contributed by atoms with E-state index in [1.807, 2.05) is 24.4 Å². The van der Waals surface area contributed by atoms with Crippen molar-refractivity contribution in [2.45, 2.75) is 19.8 Å². The maximum Gasteiger partial charge on any atom is 0.136 e. The van der Waals surface area contributed by atoms with Crippen molar-refractivity contribution in [3.05, 3.63) is 41.2 Å². The van der Waals surface area contributed by atoms with Crippen molar-refractivity contribution in [1.82, 2.24) is 4.98 Å². The van der Waals surface area contributed by atoms with Crippen LogP contribution in [0.2, 0.25) is 5.15 Å². The Hall–Kier alpha value is -1.08. The van der Waals surface area contributed by atoms with Crippen LogP contribution in [0.15, 0.2) is 30.5 Å². The zero-order chi connectivity index (χ0) is 10.1. The Morgan fingerprint density at radius 1 is 1.14 bits per heavy atom. The number of rotatable bonds is 1. The summed E-state index contributed by atoms with van der Waals surface area (Å²) in [6.07, 6.45) is 1.87. The van der Waals surface area contributed by atoms with Gasteiger partial charge in [-0.25, -0.2) is 4.98 Å². The first kappa shape index (κ1) is 9.47. The number of pyridine rings is 1. The van der Waals surface area contributed by atoms with Crippen LogP contribution in [0.1, 0.15) is 25.3 Å². The molecular formula is C12H12ClN. The molecule has 0 fully saturated rings. The molecule has 14 heavy (non-hydrogen) atoms. The maximum absolute atomic E-state index is 6.02. The lowest BCUT2D eigenvalue weighted by atomic mass is 9.99. The monoisotopic (exact) mass is 205 g/mol. The Morgan fingerprint density at radius 2 is 1.79 bits per heavy atom. The van der Waals surface area contributed by atoms with Gasteiger partial charge >= 0.3 is 0 Å². The molecule has 0 unspecified atom stereocenters. The summed E-state index contributed by atoms with van der Waals surface area (Å²) in [7, 11) is 0. The summed E-state index contributed by atoms with van der Waals surface area (Å²) in [6.45, 7) is 4.33. The van der Waals surface area contributed by atoms with Gasteiger partial charge in [0, 0.05) is 11.6 Å². The molecule has 1 aromatic carbocycles. The summed E-state index contributed by atoms with van der Waals surface area (Å²) in [5, 5.41) is 2.84. The van der Waals surface area contributed by atoms with Crippen LogP contribution in [0.4, 0.5) is 0 Å². The summed E-state index contributed by atoms with van der Waals surface area (Å²) >= 11 is 6.02. The number of halogens is 1. The fraction of sp³-hybridized carbons (Fsp3) is 0.250. The highest BCUT2D eigenvalue weighted by Crippen LogP contribution is 2.28. The number of benzene rings is 1. The molecule has 0 aliphatic carbocycles. The Morgan fingerprint density at radius 3 is 2.43 bits per heavy atom. The van der Waals surface area contributed by atoms with E-state index >= 15 is 0 Å². The second kappa shape index (κ2) is 3.58. The SMILES string of the molecule is CC(C)c1cnc(Cl)c2ccccc12. The summed E-state index contributed by atoms with van der Waals surface area (Å²) < 4.78 is 0. The molecule has 0 aliphatic rings. The average Bonchev–Trinajstić information content (AvgIpc) is 2.18. The van der Waals surface area contributed by atoms with E-state index < -0.39 is 0 Å². The summed E-state index contributed by atoms with van der Waals surface area (Å²) in [5.41, 5.74) is 1.25. The van der Waals surface area contributed by atoms with E-state index in [0.29, 0.717) is 11.1 Å². The molecule has 72 valence electrons. The minimum atomic E-state index is 0.477. The summed E-state index contributed by atoms with van der Waals surface area (Å²) in [6, 6.07) is 8.12. The van der Waals surface area contributed by atoms with Crippen LogP contribution in [0.25, 0.3) is 10.8 Å². The van der Waals surface area contributed by atoms with Crippen molar-refractivity contribution >= 4 is 22.4 Å². The Kier molecular flexibility index (Phi) is 2.42. The van der Waals surface area contributed by atoms with Crippen LogP contribution in [-0.2, 0) is 0 Å². The third-order valence-corrected chi connectivity index (χ3v) is 2.70. The fourth-order valence-corrected chi connectivity index (χ4v) is 1.85. The topological polar surface area (TPSA) is 12.9 Å². The molecule has 0 atom stereocenters. The lowest BCUT2D eigenvalue weighted by molar-refractivity contribution is 0.869. The lowest BCUT2D eigenvalue weighted by Gasteiger charge is -2.09. The predicted octanol–water partition coefficient (Wildman–Crippen LogP) is 4.01. The van der Waals surface area contributed by atoms with Crippen LogP contribution >= 0.6 is 11.6 Å². The Bertz CT molecular complexity index is 463. The molecule has 1 heterocycles. The van der Waals surface area contributed by atoms with Crippen LogP contribution in [0, 0.1) is 0 Å². The van der Waals surface area contributed by atoms with Gasteiger partial charge in [0.25, 0.3) is 0 Å². The molecule has 1 nitrogen and oxygen atoms in total. The van der Waals surface area contributed by atoms with Crippen molar-refractivity contribution in [2.24, 2.45) is 0 Å². The highest BCUT2D eigenvalue weighted by molar-refractivity contribution is 6.34. The van der Waals surface area contributed by atoms with Crippen LogP contribution in [0.3, 0.4) is 0 Å². The quantitative estimate of drug-likeness (QED) is 0.641. The number of hydrogen-bond acceptors (Lipinski definition) is 1. The smallest absolute Gasteiger partial charge is 0.136 e. The first-order valence-electron chi connectivity index (χ1n) is 4.73. The van der Waals surface area contributed by atoms with Gasteiger partial charge in [0.2, 0.25) is 0 Å². The minimum Gasteiger partial charge on any atom is -0.244 e. The van der Waals surface area contributed by atoms with Crippen LogP contribution in [-0.4, -0.2) is 4.98 Å². The highest BCUT2D eigenvalue weighted by atomic mass is 35.5. The first-order chi connectivity index (χ1) is 6.70. The highest BCUT2D eigenvalue weighted by Gasteiger charge is 2.07. The molecule has 0 spiro atoms. The number of aromatic nitrogens is 1. The Balaban J connectivity index is 2.82. The lowest BCUT2D eigenvalue weighted by Crippen LogP contribution is -1.91. The van der Waals surface area contributed by atoms with Gasteiger partial charge in [0.15, 0.2) is 0 Å². The van der Waals surface area contributed by atoms with Crippen molar-refractivity contribution in [2.75, 3.05) is 0 Å². The third-order valence-electron chi connectivity index (χ3n) is 2.40. The molecule has 2 aromatic rings. The molecule has 2 heteroatoms. The van der Waals surface area contributed by atoms with Crippen molar-refractivity contribution in [1.29, 1.82) is 0 Å². The number of nitrogens with zero attached hydrogens (tertiary/aromatic N) is 1. The van der Waals surface area contributed by atoms with Gasteiger partial charge in [-0.05, 0) is 16.9 Å². The van der Waals surface area contributed by atoms with E-state index in [4.69, 9.17) is 11.6 Å². The molecule has 0 amide bonds. The van der Waals surface area contributed by atoms with Crippen LogP contribution < -0.4 is 0 Å². The largest absolute Gasteiger partial charge is 0.244 e. The Labute approximate surface area is 88.7 Å². The molecule has 0 N–H and O–H groups in total. The summed E-state index contributed by atoms with van der Waals surface area (Å²) in [5.74, 6) is 0.477. The van der Waals surface area contributed by atoms with Crippen molar-refractivity contribution in [3.63, 3.8) is 0 Å². The zero-order valence-electron chi connectivity index (χ0n) is 8.29. The first-order valence-corrected chi connectivity index (χ1v) is 5.11. The molecule has 0 radical (unpaired) electrons. The minimum absolute atomic E-state index is 0.477. The van der Waals surface area contributed by atoms with E-state index in [-0.39, 0.29) is 0 Å². The standard InChI is InChI=1S/C12H12ClN/c1-8(2)11-7-14-12(13)10-6-4-3-5-9(10)11/h3-8H,1-2H3. The normalized spacial score (nSPS) is 11.1. The van der Waals surface area contributed by atoms with Crippen molar-refractivity contribution < 1.29 is 0 Å². The average molecular weight is 206 g/mol. The molecule has 0 aliphatic heterocycles. The molecule has 2 rings (SSSR count). The van der Waals surface area contributed by atoms with Gasteiger partial charge in [-0.2, -0.15) is 0 Å². The predicted molar refractivity (Wildman–Crippen MR) is 60.8 cm³/mol. The van der Waals surface area contributed by atoms with Crippen molar-refractivity contribution in [3.8, 4) is 0 Å². The maximum atomic E-state index is 6.02.